The predicted octanol–water partition coefficient (Wildman–Crippen LogP) is 5.19. The molecular weight excluding hydrogens is 528 g/mol. The molecule has 2 heterocycles. The summed E-state index contributed by atoms with van der Waals surface area (Å²) in [7, 11) is 4.38. The minimum atomic E-state index is -1.08. The highest BCUT2D eigenvalue weighted by Gasteiger charge is 2.53. The molecule has 42 heavy (non-hydrogen) atoms. The second kappa shape index (κ2) is 14.0. The summed E-state index contributed by atoms with van der Waals surface area (Å²) in [5.74, 6) is 0.363. The van der Waals surface area contributed by atoms with E-state index in [0.717, 1.165) is 64.2 Å². The Bertz CT molecular complexity index is 846. The molecule has 8 heteroatoms. The smallest absolute Gasteiger partial charge is 0.137 e. The number of amides is 2. The molecule has 0 spiro atoms. The van der Waals surface area contributed by atoms with Crippen molar-refractivity contribution in [3.8, 4) is 0 Å². The molecule has 2 rings (SSSR count). The van der Waals surface area contributed by atoms with Crippen LogP contribution in [0.4, 0.5) is 9.59 Å². The van der Waals surface area contributed by atoms with Gasteiger partial charge in [-0.15, -0.1) is 0 Å². The Morgan fingerprint density at radius 1 is 0.643 bits per heavy atom. The minimum absolute atomic E-state index is 0.0727. The van der Waals surface area contributed by atoms with E-state index in [1.54, 1.807) is 9.80 Å². The van der Waals surface area contributed by atoms with Gasteiger partial charge in [-0.3, -0.25) is 9.80 Å². The van der Waals surface area contributed by atoms with Crippen LogP contribution >= 0.6 is 0 Å². The summed E-state index contributed by atoms with van der Waals surface area (Å²) in [4.78, 5) is 33.0. The van der Waals surface area contributed by atoms with Gasteiger partial charge in [0.1, 0.15) is 12.2 Å². The fourth-order valence-corrected chi connectivity index (χ4v) is 8.55. The monoisotopic (exact) mass is 592 g/mol. The van der Waals surface area contributed by atoms with Gasteiger partial charge < -0.3 is 29.6 Å². The highest BCUT2D eigenvalue weighted by molar-refractivity contribution is 5.63. The molecule has 0 saturated carbocycles. The average Bonchev–Trinajstić information content (AvgIpc) is 2.96. The van der Waals surface area contributed by atoms with Gasteiger partial charge in [-0.1, -0.05) is 54.4 Å². The number of hydrogen-bond donors (Lipinski definition) is 0. The number of hydrogen-bond acceptors (Lipinski definition) is 6. The second-order valence-electron chi connectivity index (χ2n) is 14.7. The lowest BCUT2D eigenvalue weighted by Crippen LogP contribution is -2.70. The number of carboxylic acid groups (broad SMARTS) is 2. The Hall–Kier alpha value is -1.54. The van der Waals surface area contributed by atoms with Crippen molar-refractivity contribution in [3.63, 3.8) is 0 Å². The van der Waals surface area contributed by atoms with E-state index >= 15 is 0 Å². The van der Waals surface area contributed by atoms with Crippen LogP contribution < -0.4 is 10.2 Å². The maximum absolute atomic E-state index is 12.4. The molecule has 0 bridgehead atoms. The zero-order valence-corrected chi connectivity index (χ0v) is 29.2. The number of nitrogens with zero attached hydrogens (tertiary/aromatic N) is 4. The molecule has 246 valence electrons. The van der Waals surface area contributed by atoms with Crippen molar-refractivity contribution in [2.45, 2.75) is 168 Å². The van der Waals surface area contributed by atoms with E-state index in [1.165, 1.54) is 0 Å². The van der Waals surface area contributed by atoms with Crippen molar-refractivity contribution in [2.24, 2.45) is 11.8 Å². The first-order chi connectivity index (χ1) is 19.4. The second-order valence-corrected chi connectivity index (χ2v) is 14.7. The maximum Gasteiger partial charge on any atom is 0.137 e. The molecule has 2 aliphatic rings. The third kappa shape index (κ3) is 6.74. The number of unbranched alkanes of at least 4 members (excludes halogenated alkanes) is 3. The summed E-state index contributed by atoms with van der Waals surface area (Å²) in [6, 6.07) is -0.164. The first kappa shape index (κ1) is 36.7. The molecule has 0 N–H and O–H groups in total. The summed E-state index contributed by atoms with van der Waals surface area (Å²) in [5, 5.41) is 24.8. The number of carbonyl (C=O) groups excluding carboxylic acids is 2. The minimum Gasteiger partial charge on any atom is -0.530 e. The van der Waals surface area contributed by atoms with Crippen molar-refractivity contribution in [3.05, 3.63) is 0 Å². The topological polar surface area (TPSA) is 93.2 Å². The van der Waals surface area contributed by atoms with Gasteiger partial charge in [-0.25, -0.2) is 0 Å². The van der Waals surface area contributed by atoms with Crippen LogP contribution in [-0.2, 0) is 0 Å². The lowest BCUT2D eigenvalue weighted by atomic mass is 9.67. The first-order valence-corrected chi connectivity index (χ1v) is 16.9. The van der Waals surface area contributed by atoms with E-state index in [2.05, 4.69) is 93.1 Å². The molecule has 0 aromatic heterocycles. The summed E-state index contributed by atoms with van der Waals surface area (Å²) < 4.78 is 0. The Kier molecular flexibility index (Phi) is 12.3. The molecule has 2 saturated heterocycles. The van der Waals surface area contributed by atoms with Crippen LogP contribution in [0, 0.1) is 11.8 Å². The summed E-state index contributed by atoms with van der Waals surface area (Å²) in [6.45, 7) is 23.1. The van der Waals surface area contributed by atoms with Crippen molar-refractivity contribution < 1.29 is 19.8 Å². The van der Waals surface area contributed by atoms with Gasteiger partial charge in [0.2, 0.25) is 0 Å². The van der Waals surface area contributed by atoms with Crippen LogP contribution in [0.25, 0.3) is 0 Å². The third-order valence-corrected chi connectivity index (χ3v) is 13.3. The zero-order chi connectivity index (χ0) is 32.3. The molecule has 2 aliphatic heterocycles. The molecule has 2 amide bonds. The fourth-order valence-electron chi connectivity index (χ4n) is 8.55. The van der Waals surface area contributed by atoms with E-state index < -0.39 is 12.2 Å². The molecule has 0 aliphatic carbocycles. The van der Waals surface area contributed by atoms with Crippen LogP contribution in [0.2, 0.25) is 0 Å². The van der Waals surface area contributed by atoms with E-state index in [-0.39, 0.29) is 46.1 Å². The van der Waals surface area contributed by atoms with E-state index in [1.807, 2.05) is 0 Å². The SMILES string of the molecule is CCC1(C)CC(N(CCCCCCN(C(=O)[O-])C2CC(C)(CC)N(C)C(C)(CC)C2C)C(=O)[O-])C(C)C(C)(CC)N1C. The Balaban J connectivity index is 2.04. The number of rotatable bonds is 13. The van der Waals surface area contributed by atoms with Crippen LogP contribution in [0.3, 0.4) is 0 Å². The molecule has 0 radical (unpaired) electrons. The highest BCUT2D eigenvalue weighted by Crippen LogP contribution is 2.47. The van der Waals surface area contributed by atoms with Crippen molar-refractivity contribution >= 4 is 12.2 Å². The van der Waals surface area contributed by atoms with E-state index in [9.17, 15) is 19.8 Å². The number of carbonyl (C=O) groups is 2. The lowest BCUT2D eigenvalue weighted by Gasteiger charge is -2.61. The summed E-state index contributed by atoms with van der Waals surface area (Å²) in [5.41, 5.74) is -0.335. The quantitative estimate of drug-likeness (QED) is 0.273. The largest absolute Gasteiger partial charge is 0.530 e. The van der Waals surface area contributed by atoms with Crippen LogP contribution in [0.5, 0.6) is 0 Å². The predicted molar refractivity (Wildman–Crippen MR) is 168 cm³/mol. The summed E-state index contributed by atoms with van der Waals surface area (Å²) >= 11 is 0. The fraction of sp³-hybridized carbons (Fsp3) is 0.941. The Morgan fingerprint density at radius 3 is 1.19 bits per heavy atom. The average molecular weight is 593 g/mol. The van der Waals surface area contributed by atoms with Gasteiger partial charge in [-0.05, 0) is 105 Å². The Labute approximate surface area is 258 Å². The zero-order valence-electron chi connectivity index (χ0n) is 29.2. The van der Waals surface area contributed by atoms with Gasteiger partial charge in [0, 0.05) is 47.3 Å². The number of piperidine rings is 2. The van der Waals surface area contributed by atoms with Gasteiger partial charge in [-0.2, -0.15) is 0 Å². The van der Waals surface area contributed by atoms with Gasteiger partial charge in [0.05, 0.1) is 0 Å². The van der Waals surface area contributed by atoms with Gasteiger partial charge in [0.15, 0.2) is 0 Å². The number of likely N-dealkylation sites (tertiary alicyclic amines) is 2. The van der Waals surface area contributed by atoms with Gasteiger partial charge >= 0.3 is 0 Å². The highest BCUT2D eigenvalue weighted by atomic mass is 16.4. The van der Waals surface area contributed by atoms with E-state index in [0.29, 0.717) is 13.1 Å². The summed E-state index contributed by atoms with van der Waals surface area (Å²) in [6.07, 6.45) is 6.47. The van der Waals surface area contributed by atoms with Crippen molar-refractivity contribution in [2.75, 3.05) is 27.2 Å². The van der Waals surface area contributed by atoms with Crippen molar-refractivity contribution in [1.29, 1.82) is 0 Å². The normalized spacial score (nSPS) is 37.9. The first-order valence-electron chi connectivity index (χ1n) is 16.9. The van der Waals surface area contributed by atoms with Crippen LogP contribution in [-0.4, -0.2) is 93.2 Å². The molecular formula is C34H64N4O4-2. The molecule has 2 fully saturated rings. The maximum atomic E-state index is 12.4. The lowest BCUT2D eigenvalue weighted by molar-refractivity contribution is -0.273. The molecule has 0 aromatic carbocycles. The van der Waals surface area contributed by atoms with Crippen LogP contribution in [0.1, 0.15) is 133 Å². The Morgan fingerprint density at radius 2 is 0.952 bits per heavy atom. The molecule has 8 unspecified atom stereocenters. The molecule has 8 atom stereocenters. The van der Waals surface area contributed by atoms with E-state index in [4.69, 9.17) is 0 Å². The molecule has 8 nitrogen and oxygen atoms in total. The van der Waals surface area contributed by atoms with Gasteiger partial charge in [0.25, 0.3) is 0 Å². The van der Waals surface area contributed by atoms with Crippen LogP contribution in [0.15, 0.2) is 0 Å². The third-order valence-electron chi connectivity index (χ3n) is 13.3. The van der Waals surface area contributed by atoms with Crippen molar-refractivity contribution in [1.82, 2.24) is 19.6 Å². The molecule has 0 aromatic rings. The standard InChI is InChI=1S/C34H66N4O4/c1-13-31(7)23-27(25(5)33(9,15-3)35(31)11)37(29(39)40)21-19-17-18-20-22-38(30(41)42)28-24-32(8,14-2)36(12)34(10,16-4)26(28)6/h25-28H,13-24H2,1-12H3,(H,39,40)(H,41,42)/p-2.